The van der Waals surface area contributed by atoms with E-state index < -0.39 is 0 Å². The van der Waals surface area contributed by atoms with Crippen LogP contribution in [0.1, 0.15) is 37.6 Å². The third-order valence-electron chi connectivity index (χ3n) is 2.94. The van der Waals surface area contributed by atoms with Gasteiger partial charge in [0.25, 0.3) is 0 Å². The van der Waals surface area contributed by atoms with Crippen molar-refractivity contribution in [2.24, 2.45) is 0 Å². The smallest absolute Gasteiger partial charge is 0.246 e. The van der Waals surface area contributed by atoms with Crippen LogP contribution in [0.5, 0.6) is 0 Å². The first-order valence-corrected chi connectivity index (χ1v) is 6.85. The summed E-state index contributed by atoms with van der Waals surface area (Å²) >= 11 is 0. The molecule has 1 aromatic heterocycles. The number of carbonyl (C=O) groups is 1. The zero-order valence-electron chi connectivity index (χ0n) is 11.8. The van der Waals surface area contributed by atoms with E-state index in [1.54, 1.807) is 0 Å². The monoisotopic (exact) mass is 273 g/mol. The first-order valence-electron chi connectivity index (χ1n) is 6.85. The third kappa shape index (κ3) is 3.91. The van der Waals surface area contributed by atoms with Crippen LogP contribution >= 0.6 is 0 Å². The molecular formula is C15H19N3O2. The molecule has 0 fully saturated rings. The first kappa shape index (κ1) is 14.2. The number of unbranched alkanes of at least 4 members (excludes halogenated alkanes) is 1. The van der Waals surface area contributed by atoms with E-state index in [0.29, 0.717) is 18.1 Å². The van der Waals surface area contributed by atoms with Gasteiger partial charge in [-0.1, -0.05) is 42.3 Å². The van der Waals surface area contributed by atoms with Gasteiger partial charge in [0.1, 0.15) is 0 Å². The lowest BCUT2D eigenvalue weighted by Crippen LogP contribution is -2.22. The van der Waals surface area contributed by atoms with E-state index in [1.165, 1.54) is 0 Å². The molecule has 0 bridgehead atoms. The quantitative estimate of drug-likeness (QED) is 0.878. The molecule has 0 aliphatic heterocycles. The van der Waals surface area contributed by atoms with E-state index in [0.717, 1.165) is 24.0 Å². The van der Waals surface area contributed by atoms with Crippen LogP contribution in [0.4, 0.5) is 0 Å². The van der Waals surface area contributed by atoms with Gasteiger partial charge in [-0.05, 0) is 19.4 Å². The molecule has 2 rings (SSSR count). The Kier molecular flexibility index (Phi) is 4.87. The summed E-state index contributed by atoms with van der Waals surface area (Å²) in [5, 5.41) is 6.70. The Hall–Kier alpha value is -2.17. The van der Waals surface area contributed by atoms with Gasteiger partial charge in [-0.3, -0.25) is 4.79 Å². The number of benzene rings is 1. The lowest BCUT2D eigenvalue weighted by Gasteiger charge is -2.00. The van der Waals surface area contributed by atoms with Gasteiger partial charge in [-0.25, -0.2) is 0 Å². The van der Waals surface area contributed by atoms with Crippen molar-refractivity contribution >= 4 is 5.91 Å². The average molecular weight is 273 g/mol. The van der Waals surface area contributed by atoms with Crippen LogP contribution in [0.3, 0.4) is 0 Å². The molecule has 0 saturated carbocycles. The normalized spacial score (nSPS) is 10.5. The molecule has 1 amide bonds. The third-order valence-corrected chi connectivity index (χ3v) is 2.94. The summed E-state index contributed by atoms with van der Waals surface area (Å²) in [6, 6.07) is 7.89. The highest BCUT2D eigenvalue weighted by Crippen LogP contribution is 2.16. The Balaban J connectivity index is 1.94. The molecule has 1 N–H and O–H groups in total. The summed E-state index contributed by atoms with van der Waals surface area (Å²) in [6.45, 7) is 4.35. The molecule has 0 spiro atoms. The van der Waals surface area contributed by atoms with Gasteiger partial charge in [-0.15, -0.1) is 0 Å². The summed E-state index contributed by atoms with van der Waals surface area (Å²) < 4.78 is 5.14. The van der Waals surface area contributed by atoms with Crippen LogP contribution < -0.4 is 5.32 Å². The summed E-state index contributed by atoms with van der Waals surface area (Å²) in [4.78, 5) is 15.8. The van der Waals surface area contributed by atoms with E-state index in [2.05, 4.69) is 22.4 Å². The van der Waals surface area contributed by atoms with Crippen molar-refractivity contribution in [3.8, 4) is 11.4 Å². The lowest BCUT2D eigenvalue weighted by atomic mass is 10.1. The molecule has 106 valence electrons. The number of carbonyl (C=O) groups excluding carboxylic acids is 1. The van der Waals surface area contributed by atoms with Gasteiger partial charge >= 0.3 is 0 Å². The van der Waals surface area contributed by atoms with Gasteiger partial charge < -0.3 is 9.84 Å². The maximum Gasteiger partial charge on any atom is 0.246 e. The molecule has 0 aliphatic carbocycles. The largest absolute Gasteiger partial charge is 0.347 e. The maximum atomic E-state index is 11.5. The molecular weight excluding hydrogens is 254 g/mol. The SMILES string of the molecule is CCCCC(=O)NCc1nc(-c2cccc(C)c2)no1. The topological polar surface area (TPSA) is 68.0 Å². The number of aromatic nitrogens is 2. The fourth-order valence-corrected chi connectivity index (χ4v) is 1.83. The predicted molar refractivity (Wildman–Crippen MR) is 75.8 cm³/mol. The Morgan fingerprint density at radius 1 is 1.40 bits per heavy atom. The highest BCUT2D eigenvalue weighted by molar-refractivity contribution is 5.75. The summed E-state index contributed by atoms with van der Waals surface area (Å²) in [7, 11) is 0. The van der Waals surface area contributed by atoms with Crippen molar-refractivity contribution in [2.75, 3.05) is 0 Å². The molecule has 2 aromatic rings. The Bertz CT molecular complexity index is 578. The van der Waals surface area contributed by atoms with E-state index in [1.807, 2.05) is 31.2 Å². The van der Waals surface area contributed by atoms with E-state index in [-0.39, 0.29) is 12.5 Å². The minimum Gasteiger partial charge on any atom is -0.347 e. The molecule has 0 saturated heterocycles. The van der Waals surface area contributed by atoms with Gasteiger partial charge in [0, 0.05) is 12.0 Å². The summed E-state index contributed by atoms with van der Waals surface area (Å²) in [6.07, 6.45) is 2.44. The van der Waals surface area contributed by atoms with E-state index in [4.69, 9.17) is 4.52 Å². The van der Waals surface area contributed by atoms with Crippen molar-refractivity contribution in [1.29, 1.82) is 0 Å². The van der Waals surface area contributed by atoms with Crippen molar-refractivity contribution in [3.63, 3.8) is 0 Å². The van der Waals surface area contributed by atoms with Gasteiger partial charge in [0.2, 0.25) is 17.6 Å². The number of nitrogens with zero attached hydrogens (tertiary/aromatic N) is 2. The second-order valence-electron chi connectivity index (χ2n) is 4.76. The molecule has 0 unspecified atom stereocenters. The first-order chi connectivity index (χ1) is 9.69. The zero-order chi connectivity index (χ0) is 14.4. The molecule has 5 nitrogen and oxygen atoms in total. The fourth-order valence-electron chi connectivity index (χ4n) is 1.83. The molecule has 5 heteroatoms. The highest BCUT2D eigenvalue weighted by atomic mass is 16.5. The highest BCUT2D eigenvalue weighted by Gasteiger charge is 2.09. The molecule has 1 heterocycles. The van der Waals surface area contributed by atoms with Crippen LogP contribution in [0.15, 0.2) is 28.8 Å². The number of hydrogen-bond donors (Lipinski definition) is 1. The minimum atomic E-state index is 0.0159. The van der Waals surface area contributed by atoms with Gasteiger partial charge in [0.05, 0.1) is 6.54 Å². The zero-order valence-corrected chi connectivity index (χ0v) is 11.8. The molecule has 0 aliphatic rings. The standard InChI is InChI=1S/C15H19N3O2/c1-3-4-8-13(19)16-10-14-17-15(18-20-14)12-7-5-6-11(2)9-12/h5-7,9H,3-4,8,10H2,1-2H3,(H,16,19). The van der Waals surface area contributed by atoms with Crippen LogP contribution in [0, 0.1) is 6.92 Å². The van der Waals surface area contributed by atoms with E-state index in [9.17, 15) is 4.79 Å². The Morgan fingerprint density at radius 3 is 3.00 bits per heavy atom. The lowest BCUT2D eigenvalue weighted by molar-refractivity contribution is -0.121. The van der Waals surface area contributed by atoms with Crippen LogP contribution in [-0.4, -0.2) is 16.0 Å². The van der Waals surface area contributed by atoms with Crippen LogP contribution in [0.25, 0.3) is 11.4 Å². The number of nitrogens with one attached hydrogen (secondary N) is 1. The van der Waals surface area contributed by atoms with Crippen molar-refractivity contribution in [3.05, 3.63) is 35.7 Å². The summed E-state index contributed by atoms with van der Waals surface area (Å²) in [5.41, 5.74) is 2.05. The Labute approximate surface area is 118 Å². The molecule has 1 aromatic carbocycles. The van der Waals surface area contributed by atoms with Gasteiger partial charge in [0.15, 0.2) is 0 Å². The van der Waals surface area contributed by atoms with Crippen molar-refractivity contribution in [2.45, 2.75) is 39.7 Å². The number of rotatable bonds is 6. The molecule has 0 radical (unpaired) electrons. The molecule has 0 atom stereocenters. The average Bonchev–Trinajstić information content (AvgIpc) is 2.92. The second kappa shape index (κ2) is 6.84. The van der Waals surface area contributed by atoms with Gasteiger partial charge in [-0.2, -0.15) is 4.98 Å². The number of amides is 1. The minimum absolute atomic E-state index is 0.0159. The predicted octanol–water partition coefficient (Wildman–Crippen LogP) is 2.85. The van der Waals surface area contributed by atoms with E-state index >= 15 is 0 Å². The fraction of sp³-hybridized carbons (Fsp3) is 0.400. The Morgan fingerprint density at radius 2 is 2.25 bits per heavy atom. The number of aryl methyl sites for hydroxylation is 1. The molecule has 20 heavy (non-hydrogen) atoms. The summed E-state index contributed by atoms with van der Waals surface area (Å²) in [5.74, 6) is 0.986. The van der Waals surface area contributed by atoms with Crippen molar-refractivity contribution < 1.29 is 9.32 Å². The second-order valence-corrected chi connectivity index (χ2v) is 4.76. The van der Waals surface area contributed by atoms with Crippen LogP contribution in [-0.2, 0) is 11.3 Å². The maximum absolute atomic E-state index is 11.5. The van der Waals surface area contributed by atoms with Crippen molar-refractivity contribution in [1.82, 2.24) is 15.5 Å². The number of hydrogen-bond acceptors (Lipinski definition) is 4. The van der Waals surface area contributed by atoms with Crippen LogP contribution in [0.2, 0.25) is 0 Å².